The second-order valence-corrected chi connectivity index (χ2v) is 4.81. The normalized spacial score (nSPS) is 19.7. The zero-order valence-electron chi connectivity index (χ0n) is 9.57. The summed E-state index contributed by atoms with van der Waals surface area (Å²) < 4.78 is 0. The van der Waals surface area contributed by atoms with Crippen LogP contribution >= 0.6 is 0 Å². The van der Waals surface area contributed by atoms with Crippen molar-refractivity contribution in [3.8, 4) is 0 Å². The van der Waals surface area contributed by atoms with Gasteiger partial charge in [0, 0.05) is 29.9 Å². The molecule has 0 unspecified atom stereocenters. The van der Waals surface area contributed by atoms with E-state index in [0.717, 1.165) is 16.5 Å². The van der Waals surface area contributed by atoms with Crippen molar-refractivity contribution in [3.63, 3.8) is 0 Å². The number of benzene rings is 1. The van der Waals surface area contributed by atoms with Gasteiger partial charge in [0.25, 0.3) is 0 Å². The minimum absolute atomic E-state index is 0.260. The molecule has 1 aliphatic carbocycles. The lowest BCUT2D eigenvalue weighted by Gasteiger charge is -2.32. The predicted molar refractivity (Wildman–Crippen MR) is 65.7 cm³/mol. The summed E-state index contributed by atoms with van der Waals surface area (Å²) in [6, 6.07) is 7.89. The highest BCUT2D eigenvalue weighted by Crippen LogP contribution is 2.38. The number of fused-ring (bicyclic) bond motifs is 1. The maximum Gasteiger partial charge on any atom is 0.133 e. The number of carbonyl (C=O) groups excluding carboxylic acids is 1. The van der Waals surface area contributed by atoms with E-state index in [1.165, 1.54) is 0 Å². The van der Waals surface area contributed by atoms with Crippen LogP contribution < -0.4 is 0 Å². The summed E-state index contributed by atoms with van der Waals surface area (Å²) >= 11 is 0. The molecule has 1 aromatic heterocycles. The number of aliphatic hydroxyl groups is 1. The molecule has 1 aliphatic rings. The fourth-order valence-electron chi connectivity index (χ4n) is 2.70. The van der Waals surface area contributed by atoms with Gasteiger partial charge in [-0.3, -0.25) is 4.79 Å². The second kappa shape index (κ2) is 3.70. The number of aromatic nitrogens is 1. The van der Waals surface area contributed by atoms with E-state index in [0.29, 0.717) is 25.7 Å². The van der Waals surface area contributed by atoms with Crippen LogP contribution in [0.25, 0.3) is 10.9 Å². The average Bonchev–Trinajstić information content (AvgIpc) is 2.81. The molecule has 2 aromatic rings. The number of Topliss-reactive ketones (excluding diaryl/α,β-unsaturated/α-hetero) is 1. The summed E-state index contributed by atoms with van der Waals surface area (Å²) in [5.41, 5.74) is 1.15. The third-order valence-corrected chi connectivity index (χ3v) is 3.73. The van der Waals surface area contributed by atoms with Gasteiger partial charge in [-0.2, -0.15) is 0 Å². The molecule has 2 N–H and O–H groups in total. The summed E-state index contributed by atoms with van der Waals surface area (Å²) in [7, 11) is 0. The van der Waals surface area contributed by atoms with Gasteiger partial charge in [0.1, 0.15) is 5.78 Å². The van der Waals surface area contributed by atoms with E-state index in [1.54, 1.807) is 0 Å². The SMILES string of the molecule is O=C1CCC(O)(c2cccc3[nH]ccc23)CC1. The standard InChI is InChI=1S/C14H15NO2/c16-10-4-7-14(17,8-5-10)12-2-1-3-13-11(12)6-9-15-13/h1-3,6,9,15,17H,4-5,7-8H2. The number of aromatic amines is 1. The molecule has 3 rings (SSSR count). The number of hydrogen-bond acceptors (Lipinski definition) is 2. The van der Waals surface area contributed by atoms with Gasteiger partial charge in [0.05, 0.1) is 5.60 Å². The monoisotopic (exact) mass is 229 g/mol. The Morgan fingerprint density at radius 3 is 2.71 bits per heavy atom. The van der Waals surface area contributed by atoms with Crippen molar-refractivity contribution < 1.29 is 9.90 Å². The molecule has 1 aromatic carbocycles. The molecule has 1 heterocycles. The molecule has 3 heteroatoms. The first kappa shape index (κ1) is 10.5. The first-order chi connectivity index (χ1) is 8.19. The Bertz CT molecular complexity index is 560. The third kappa shape index (κ3) is 1.67. The summed E-state index contributed by atoms with van der Waals surface area (Å²) in [5, 5.41) is 11.8. The van der Waals surface area contributed by atoms with Gasteiger partial charge in [-0.15, -0.1) is 0 Å². The fraction of sp³-hybridized carbons (Fsp3) is 0.357. The zero-order chi connectivity index (χ0) is 11.9. The lowest BCUT2D eigenvalue weighted by molar-refractivity contribution is -0.125. The molecule has 0 atom stereocenters. The molecule has 0 radical (unpaired) electrons. The minimum Gasteiger partial charge on any atom is -0.385 e. The first-order valence-corrected chi connectivity index (χ1v) is 6.00. The van der Waals surface area contributed by atoms with E-state index in [9.17, 15) is 9.90 Å². The number of carbonyl (C=O) groups is 1. The molecule has 3 nitrogen and oxygen atoms in total. The molecule has 0 amide bonds. The maximum absolute atomic E-state index is 11.3. The van der Waals surface area contributed by atoms with Crippen molar-refractivity contribution in [1.29, 1.82) is 0 Å². The van der Waals surface area contributed by atoms with Crippen molar-refractivity contribution in [3.05, 3.63) is 36.0 Å². The Morgan fingerprint density at radius 1 is 1.18 bits per heavy atom. The van der Waals surface area contributed by atoms with E-state index < -0.39 is 5.60 Å². The summed E-state index contributed by atoms with van der Waals surface area (Å²) in [5.74, 6) is 0.260. The molecule has 17 heavy (non-hydrogen) atoms. The van der Waals surface area contributed by atoms with E-state index in [1.807, 2.05) is 30.5 Å². The predicted octanol–water partition coefficient (Wildman–Crippen LogP) is 2.50. The second-order valence-electron chi connectivity index (χ2n) is 4.81. The molecule has 0 aliphatic heterocycles. The third-order valence-electron chi connectivity index (χ3n) is 3.73. The highest BCUT2D eigenvalue weighted by Gasteiger charge is 2.35. The van der Waals surface area contributed by atoms with Crippen molar-refractivity contribution >= 4 is 16.7 Å². The Hall–Kier alpha value is -1.61. The van der Waals surface area contributed by atoms with Crippen molar-refractivity contribution in [1.82, 2.24) is 4.98 Å². The first-order valence-electron chi connectivity index (χ1n) is 6.00. The Kier molecular flexibility index (Phi) is 2.30. The van der Waals surface area contributed by atoms with Gasteiger partial charge in [0.15, 0.2) is 0 Å². The summed E-state index contributed by atoms with van der Waals surface area (Å²) in [6.45, 7) is 0. The van der Waals surface area contributed by atoms with Crippen LogP contribution in [0, 0.1) is 0 Å². The molecule has 88 valence electrons. The highest BCUT2D eigenvalue weighted by atomic mass is 16.3. The number of rotatable bonds is 1. The van der Waals surface area contributed by atoms with E-state index in [-0.39, 0.29) is 5.78 Å². The molecular formula is C14H15NO2. The summed E-state index contributed by atoms with van der Waals surface area (Å²) in [6.07, 6.45) is 3.92. The van der Waals surface area contributed by atoms with E-state index in [2.05, 4.69) is 4.98 Å². The maximum atomic E-state index is 11.3. The lowest BCUT2D eigenvalue weighted by Crippen LogP contribution is -2.31. The minimum atomic E-state index is -0.838. The largest absolute Gasteiger partial charge is 0.385 e. The zero-order valence-corrected chi connectivity index (χ0v) is 9.57. The number of ketones is 1. The lowest BCUT2D eigenvalue weighted by atomic mass is 9.78. The molecule has 1 saturated carbocycles. The van der Waals surface area contributed by atoms with Gasteiger partial charge in [-0.1, -0.05) is 12.1 Å². The molecular weight excluding hydrogens is 214 g/mol. The van der Waals surface area contributed by atoms with Crippen LogP contribution in [-0.2, 0) is 10.4 Å². The van der Waals surface area contributed by atoms with Crippen molar-refractivity contribution in [2.24, 2.45) is 0 Å². The van der Waals surface area contributed by atoms with Gasteiger partial charge >= 0.3 is 0 Å². The van der Waals surface area contributed by atoms with Crippen LogP contribution in [0.1, 0.15) is 31.2 Å². The van der Waals surface area contributed by atoms with Crippen molar-refractivity contribution in [2.75, 3.05) is 0 Å². The molecule has 0 bridgehead atoms. The van der Waals surface area contributed by atoms with Gasteiger partial charge in [-0.25, -0.2) is 0 Å². The van der Waals surface area contributed by atoms with Crippen LogP contribution in [0.4, 0.5) is 0 Å². The van der Waals surface area contributed by atoms with Gasteiger partial charge in [-0.05, 0) is 30.5 Å². The Morgan fingerprint density at radius 2 is 1.94 bits per heavy atom. The topological polar surface area (TPSA) is 53.1 Å². The highest BCUT2D eigenvalue weighted by molar-refractivity contribution is 5.85. The van der Waals surface area contributed by atoms with Crippen LogP contribution in [0.5, 0.6) is 0 Å². The quantitative estimate of drug-likeness (QED) is 0.789. The molecule has 1 fully saturated rings. The van der Waals surface area contributed by atoms with Crippen LogP contribution in [0.3, 0.4) is 0 Å². The number of H-pyrrole nitrogens is 1. The molecule has 0 saturated heterocycles. The van der Waals surface area contributed by atoms with Crippen LogP contribution in [-0.4, -0.2) is 15.9 Å². The van der Waals surface area contributed by atoms with Gasteiger partial charge in [0.2, 0.25) is 0 Å². The Labute approximate surface area is 99.5 Å². The Balaban J connectivity index is 2.08. The van der Waals surface area contributed by atoms with Gasteiger partial charge < -0.3 is 10.1 Å². The average molecular weight is 229 g/mol. The summed E-state index contributed by atoms with van der Waals surface area (Å²) in [4.78, 5) is 14.4. The number of hydrogen-bond donors (Lipinski definition) is 2. The van der Waals surface area contributed by atoms with Crippen molar-refractivity contribution in [2.45, 2.75) is 31.3 Å². The fourth-order valence-corrected chi connectivity index (χ4v) is 2.70. The van der Waals surface area contributed by atoms with E-state index >= 15 is 0 Å². The van der Waals surface area contributed by atoms with Crippen LogP contribution in [0.2, 0.25) is 0 Å². The van der Waals surface area contributed by atoms with E-state index in [4.69, 9.17) is 0 Å². The molecule has 0 spiro atoms. The smallest absolute Gasteiger partial charge is 0.133 e. The number of nitrogens with one attached hydrogen (secondary N) is 1. The van der Waals surface area contributed by atoms with Crippen LogP contribution in [0.15, 0.2) is 30.5 Å².